The van der Waals surface area contributed by atoms with Crippen LogP contribution in [0.15, 0.2) is 60.8 Å². The maximum Gasteiger partial charge on any atom is 0.255 e. The smallest absolute Gasteiger partial charge is 0.255 e. The molecule has 0 bridgehead atoms. The van der Waals surface area contributed by atoms with Gasteiger partial charge in [0.15, 0.2) is 0 Å². The van der Waals surface area contributed by atoms with Gasteiger partial charge in [-0.3, -0.25) is 4.79 Å². The van der Waals surface area contributed by atoms with Crippen LogP contribution in [0.3, 0.4) is 0 Å². The first-order valence-electron chi connectivity index (χ1n) is 9.38. The highest BCUT2D eigenvalue weighted by Crippen LogP contribution is 2.27. The molecule has 0 radical (unpaired) electrons. The number of aromatic nitrogens is 2. The molecule has 3 rings (SSSR count). The molecule has 0 fully saturated rings. The number of hydrogen-bond acceptors (Lipinski definition) is 4. The third-order valence-electron chi connectivity index (χ3n) is 4.28. The molecule has 1 aromatic heterocycles. The quantitative estimate of drug-likeness (QED) is 0.576. The molecule has 2 aromatic carbocycles. The molecule has 1 heterocycles. The highest BCUT2D eigenvalue weighted by molar-refractivity contribution is 6.00. The van der Waals surface area contributed by atoms with E-state index >= 15 is 0 Å². The molecule has 0 spiro atoms. The second-order valence-electron chi connectivity index (χ2n) is 6.21. The van der Waals surface area contributed by atoms with Gasteiger partial charge in [0.05, 0.1) is 18.4 Å². The second kappa shape index (κ2) is 9.71. The van der Waals surface area contributed by atoms with Crippen LogP contribution in [0.2, 0.25) is 0 Å². The normalized spacial score (nSPS) is 10.6. The van der Waals surface area contributed by atoms with Crippen LogP contribution in [0, 0.1) is 0 Å². The summed E-state index contributed by atoms with van der Waals surface area (Å²) in [6.45, 7) is 3.81. The highest BCUT2D eigenvalue weighted by Gasteiger charge is 2.18. The standard InChI is InChI=1S/C22H25N3O3/c1-3-28-14-8-13-23-22(26)20-16-25(18-10-5-4-6-11-18)24-21(20)17-9-7-12-19(15-17)27-2/h4-7,9-12,15-16H,3,8,13-14H2,1-2H3,(H,23,26). The number of hydrogen-bond donors (Lipinski definition) is 1. The van der Waals surface area contributed by atoms with Crippen molar-refractivity contribution in [2.24, 2.45) is 0 Å². The Balaban J connectivity index is 1.90. The summed E-state index contributed by atoms with van der Waals surface area (Å²) < 4.78 is 12.4. The zero-order valence-electron chi connectivity index (χ0n) is 16.2. The summed E-state index contributed by atoms with van der Waals surface area (Å²) in [4.78, 5) is 12.8. The van der Waals surface area contributed by atoms with Gasteiger partial charge in [-0.15, -0.1) is 0 Å². The van der Waals surface area contributed by atoms with Crippen LogP contribution in [-0.2, 0) is 4.74 Å². The number of benzene rings is 2. The average molecular weight is 379 g/mol. The van der Waals surface area contributed by atoms with E-state index in [0.29, 0.717) is 31.0 Å². The van der Waals surface area contributed by atoms with Gasteiger partial charge in [-0.2, -0.15) is 5.10 Å². The van der Waals surface area contributed by atoms with Crippen molar-refractivity contribution in [3.05, 3.63) is 66.4 Å². The van der Waals surface area contributed by atoms with Crippen LogP contribution >= 0.6 is 0 Å². The summed E-state index contributed by atoms with van der Waals surface area (Å²) in [6.07, 6.45) is 2.53. The van der Waals surface area contributed by atoms with E-state index < -0.39 is 0 Å². The van der Waals surface area contributed by atoms with E-state index in [-0.39, 0.29) is 5.91 Å². The van der Waals surface area contributed by atoms with Gasteiger partial charge in [0.2, 0.25) is 0 Å². The lowest BCUT2D eigenvalue weighted by Gasteiger charge is -2.06. The van der Waals surface area contributed by atoms with E-state index in [4.69, 9.17) is 9.47 Å². The molecule has 0 unspecified atom stereocenters. The fraction of sp³-hybridized carbons (Fsp3) is 0.273. The molecule has 1 amide bonds. The summed E-state index contributed by atoms with van der Waals surface area (Å²) in [5.74, 6) is 0.561. The van der Waals surface area contributed by atoms with E-state index in [9.17, 15) is 4.79 Å². The molecule has 0 aliphatic carbocycles. The topological polar surface area (TPSA) is 65.4 Å². The number of para-hydroxylation sites is 1. The van der Waals surface area contributed by atoms with Crippen molar-refractivity contribution in [1.82, 2.24) is 15.1 Å². The van der Waals surface area contributed by atoms with Crippen LogP contribution in [0.4, 0.5) is 0 Å². The summed E-state index contributed by atoms with van der Waals surface area (Å²) in [5.41, 5.74) is 2.86. The van der Waals surface area contributed by atoms with Crippen LogP contribution in [0.5, 0.6) is 5.75 Å². The minimum atomic E-state index is -0.156. The van der Waals surface area contributed by atoms with Gasteiger partial charge < -0.3 is 14.8 Å². The van der Waals surface area contributed by atoms with Crippen molar-refractivity contribution < 1.29 is 14.3 Å². The Hall–Kier alpha value is -3.12. The number of methoxy groups -OCH3 is 1. The van der Waals surface area contributed by atoms with E-state index in [0.717, 1.165) is 23.4 Å². The van der Waals surface area contributed by atoms with E-state index in [1.165, 1.54) is 0 Å². The van der Waals surface area contributed by atoms with Gasteiger partial charge in [0, 0.05) is 31.5 Å². The van der Waals surface area contributed by atoms with Gasteiger partial charge >= 0.3 is 0 Å². The van der Waals surface area contributed by atoms with Crippen LogP contribution in [0.25, 0.3) is 16.9 Å². The van der Waals surface area contributed by atoms with Crippen molar-refractivity contribution in [2.75, 3.05) is 26.9 Å². The molecule has 0 aliphatic rings. The summed E-state index contributed by atoms with van der Waals surface area (Å²) in [5, 5.41) is 7.64. The number of carbonyl (C=O) groups excluding carboxylic acids is 1. The molecule has 0 saturated carbocycles. The summed E-state index contributed by atoms with van der Waals surface area (Å²) in [6, 6.07) is 17.3. The molecule has 146 valence electrons. The molecule has 3 aromatic rings. The SMILES string of the molecule is CCOCCCNC(=O)c1cn(-c2ccccc2)nc1-c1cccc(OC)c1. The third kappa shape index (κ3) is 4.78. The Morgan fingerprint density at radius 3 is 2.71 bits per heavy atom. The lowest BCUT2D eigenvalue weighted by atomic mass is 10.1. The maximum atomic E-state index is 12.8. The van der Waals surface area contributed by atoms with Crippen LogP contribution < -0.4 is 10.1 Å². The Bertz CT molecular complexity index is 906. The highest BCUT2D eigenvalue weighted by atomic mass is 16.5. The number of carbonyl (C=O) groups is 1. The van der Waals surface area contributed by atoms with Crippen molar-refractivity contribution in [1.29, 1.82) is 0 Å². The molecule has 0 atom stereocenters. The minimum Gasteiger partial charge on any atom is -0.497 e. The molecule has 0 saturated heterocycles. The van der Waals surface area contributed by atoms with E-state index in [1.807, 2.05) is 61.5 Å². The molecular weight excluding hydrogens is 354 g/mol. The first kappa shape index (κ1) is 19.6. The predicted molar refractivity (Wildman–Crippen MR) is 109 cm³/mol. The predicted octanol–water partition coefficient (Wildman–Crippen LogP) is 3.70. The van der Waals surface area contributed by atoms with Gasteiger partial charge in [0.1, 0.15) is 11.4 Å². The van der Waals surface area contributed by atoms with Crippen molar-refractivity contribution >= 4 is 5.91 Å². The van der Waals surface area contributed by atoms with E-state index in [1.54, 1.807) is 18.0 Å². The van der Waals surface area contributed by atoms with Crippen LogP contribution in [-0.4, -0.2) is 42.6 Å². The minimum absolute atomic E-state index is 0.156. The van der Waals surface area contributed by atoms with Crippen molar-refractivity contribution in [2.45, 2.75) is 13.3 Å². The number of nitrogens with zero attached hydrogens (tertiary/aromatic N) is 2. The average Bonchev–Trinajstić information content (AvgIpc) is 3.20. The first-order chi connectivity index (χ1) is 13.7. The molecule has 6 nitrogen and oxygen atoms in total. The zero-order valence-corrected chi connectivity index (χ0v) is 16.2. The molecule has 6 heteroatoms. The van der Waals surface area contributed by atoms with Crippen molar-refractivity contribution in [3.63, 3.8) is 0 Å². The van der Waals surface area contributed by atoms with Crippen LogP contribution in [0.1, 0.15) is 23.7 Å². The maximum absolute atomic E-state index is 12.8. The van der Waals surface area contributed by atoms with Gasteiger partial charge in [0.25, 0.3) is 5.91 Å². The molecule has 1 N–H and O–H groups in total. The Morgan fingerprint density at radius 2 is 1.96 bits per heavy atom. The largest absolute Gasteiger partial charge is 0.497 e. The number of rotatable bonds is 9. The second-order valence-corrected chi connectivity index (χ2v) is 6.21. The molecule has 28 heavy (non-hydrogen) atoms. The van der Waals surface area contributed by atoms with Gasteiger partial charge in [-0.1, -0.05) is 30.3 Å². The summed E-state index contributed by atoms with van der Waals surface area (Å²) in [7, 11) is 1.62. The first-order valence-corrected chi connectivity index (χ1v) is 9.38. The zero-order chi connectivity index (χ0) is 19.8. The monoisotopic (exact) mass is 379 g/mol. The lowest BCUT2D eigenvalue weighted by molar-refractivity contribution is 0.0945. The number of amides is 1. The lowest BCUT2D eigenvalue weighted by Crippen LogP contribution is -2.25. The van der Waals surface area contributed by atoms with Gasteiger partial charge in [-0.05, 0) is 37.6 Å². The fourth-order valence-electron chi connectivity index (χ4n) is 2.85. The van der Waals surface area contributed by atoms with Gasteiger partial charge in [-0.25, -0.2) is 4.68 Å². The number of ether oxygens (including phenoxy) is 2. The fourth-order valence-corrected chi connectivity index (χ4v) is 2.85. The molecular formula is C22H25N3O3. The third-order valence-corrected chi connectivity index (χ3v) is 4.28. The van der Waals surface area contributed by atoms with Crippen molar-refractivity contribution in [3.8, 4) is 22.7 Å². The Morgan fingerprint density at radius 1 is 1.14 bits per heavy atom. The van der Waals surface area contributed by atoms with E-state index in [2.05, 4.69) is 10.4 Å². The summed E-state index contributed by atoms with van der Waals surface area (Å²) >= 11 is 0. The molecule has 0 aliphatic heterocycles. The Kier molecular flexibility index (Phi) is 6.81. The Labute approximate surface area is 165 Å². The number of nitrogens with one attached hydrogen (secondary N) is 1.